The molecule has 1 N–H and O–H groups in total. The Hall–Kier alpha value is 0.310. The second-order valence-electron chi connectivity index (χ2n) is 5.35. The minimum Gasteiger partial charge on any atom is -0.310 e. The molecule has 0 spiro atoms. The third-order valence-corrected chi connectivity index (χ3v) is 5.88. The molecular weight excluding hydrogens is 202 g/mol. The average molecular weight is 227 g/mol. The summed E-state index contributed by atoms with van der Waals surface area (Å²) in [6, 6.07) is 1.60. The highest BCUT2D eigenvalue weighted by Crippen LogP contribution is 2.35. The predicted octanol–water partition coefficient (Wildman–Crippen LogP) is 3.29. The summed E-state index contributed by atoms with van der Waals surface area (Å²) in [6.07, 6.45) is 5.61. The Labute approximate surface area is 98.8 Å². The van der Waals surface area contributed by atoms with E-state index in [0.717, 1.165) is 29.2 Å². The molecule has 2 fully saturated rings. The normalized spacial score (nSPS) is 46.2. The highest BCUT2D eigenvalue weighted by atomic mass is 32.2. The first-order valence-corrected chi connectivity index (χ1v) is 7.65. The van der Waals surface area contributed by atoms with Crippen LogP contribution in [0.4, 0.5) is 0 Å². The molecule has 1 nitrogen and oxygen atoms in total. The topological polar surface area (TPSA) is 12.0 Å². The summed E-state index contributed by atoms with van der Waals surface area (Å²) in [5.74, 6) is 3.23. The zero-order valence-electron chi connectivity index (χ0n) is 10.3. The van der Waals surface area contributed by atoms with Gasteiger partial charge in [-0.3, -0.25) is 0 Å². The maximum atomic E-state index is 3.92. The monoisotopic (exact) mass is 227 g/mol. The van der Waals surface area contributed by atoms with Crippen molar-refractivity contribution in [3.05, 3.63) is 0 Å². The van der Waals surface area contributed by atoms with E-state index < -0.39 is 0 Å². The third-order valence-electron chi connectivity index (χ3n) is 4.56. The Balaban J connectivity index is 1.85. The van der Waals surface area contributed by atoms with Crippen molar-refractivity contribution in [3.63, 3.8) is 0 Å². The molecule has 1 heterocycles. The van der Waals surface area contributed by atoms with Gasteiger partial charge in [0.2, 0.25) is 0 Å². The highest BCUT2D eigenvalue weighted by molar-refractivity contribution is 8.00. The number of nitrogens with one attached hydrogen (secondary N) is 1. The standard InChI is InChI=1S/C13H25NS/c1-4-11-5-6-12(9(11)2)14-13-7-8-15-10(13)3/h9-14H,4-8H2,1-3H3. The van der Waals surface area contributed by atoms with E-state index >= 15 is 0 Å². The van der Waals surface area contributed by atoms with Crippen LogP contribution in [0.3, 0.4) is 0 Å². The number of hydrogen-bond acceptors (Lipinski definition) is 2. The molecule has 5 unspecified atom stereocenters. The summed E-state index contributed by atoms with van der Waals surface area (Å²) in [4.78, 5) is 0. The van der Waals surface area contributed by atoms with E-state index in [1.54, 1.807) is 0 Å². The van der Waals surface area contributed by atoms with Gasteiger partial charge in [-0.25, -0.2) is 0 Å². The molecule has 2 rings (SSSR count). The van der Waals surface area contributed by atoms with Gasteiger partial charge in [0.15, 0.2) is 0 Å². The third kappa shape index (κ3) is 2.52. The number of hydrogen-bond donors (Lipinski definition) is 1. The molecular formula is C13H25NS. The van der Waals surface area contributed by atoms with Gasteiger partial charge < -0.3 is 5.32 Å². The lowest BCUT2D eigenvalue weighted by Gasteiger charge is -2.26. The molecule has 0 amide bonds. The Morgan fingerprint density at radius 2 is 1.93 bits per heavy atom. The Morgan fingerprint density at radius 3 is 2.47 bits per heavy atom. The van der Waals surface area contributed by atoms with Gasteiger partial charge in [0, 0.05) is 17.3 Å². The first kappa shape index (κ1) is 11.8. The van der Waals surface area contributed by atoms with Crippen molar-refractivity contribution in [2.45, 2.75) is 63.8 Å². The fraction of sp³-hybridized carbons (Fsp3) is 1.00. The van der Waals surface area contributed by atoms with Crippen molar-refractivity contribution >= 4 is 11.8 Å². The van der Waals surface area contributed by atoms with E-state index in [0.29, 0.717) is 0 Å². The SMILES string of the molecule is CCC1CCC(NC2CCSC2C)C1C. The largest absolute Gasteiger partial charge is 0.310 e. The molecule has 1 aliphatic heterocycles. The summed E-state index contributed by atoms with van der Waals surface area (Å²) in [7, 11) is 0. The minimum absolute atomic E-state index is 0.790. The van der Waals surface area contributed by atoms with E-state index in [1.165, 1.54) is 31.4 Å². The van der Waals surface area contributed by atoms with Gasteiger partial charge in [-0.15, -0.1) is 0 Å². The van der Waals surface area contributed by atoms with Crippen molar-refractivity contribution in [1.29, 1.82) is 0 Å². The average Bonchev–Trinajstić information content (AvgIpc) is 2.77. The fourth-order valence-corrected chi connectivity index (χ4v) is 4.49. The van der Waals surface area contributed by atoms with Crippen LogP contribution in [0.5, 0.6) is 0 Å². The highest BCUT2D eigenvalue weighted by Gasteiger charge is 2.34. The van der Waals surface area contributed by atoms with Crippen LogP contribution in [0, 0.1) is 11.8 Å². The lowest BCUT2D eigenvalue weighted by atomic mass is 9.93. The first-order valence-electron chi connectivity index (χ1n) is 6.60. The Morgan fingerprint density at radius 1 is 1.13 bits per heavy atom. The number of thioether (sulfide) groups is 1. The van der Waals surface area contributed by atoms with Crippen LogP contribution in [0.2, 0.25) is 0 Å². The van der Waals surface area contributed by atoms with Crippen molar-refractivity contribution in [2.24, 2.45) is 11.8 Å². The van der Waals surface area contributed by atoms with Gasteiger partial charge in [0.05, 0.1) is 0 Å². The molecule has 2 heteroatoms. The molecule has 1 saturated carbocycles. The quantitative estimate of drug-likeness (QED) is 0.794. The summed E-state index contributed by atoms with van der Waals surface area (Å²) in [6.45, 7) is 7.18. The maximum absolute atomic E-state index is 3.92. The lowest BCUT2D eigenvalue weighted by Crippen LogP contribution is -2.43. The fourth-order valence-electron chi connectivity index (χ4n) is 3.28. The minimum atomic E-state index is 0.790. The molecule has 0 bridgehead atoms. The zero-order valence-corrected chi connectivity index (χ0v) is 11.1. The van der Waals surface area contributed by atoms with Crippen LogP contribution in [-0.2, 0) is 0 Å². The van der Waals surface area contributed by atoms with Crippen LogP contribution in [0.1, 0.15) is 46.5 Å². The summed E-state index contributed by atoms with van der Waals surface area (Å²) < 4.78 is 0. The van der Waals surface area contributed by atoms with Crippen LogP contribution in [0.15, 0.2) is 0 Å². The van der Waals surface area contributed by atoms with E-state index in [9.17, 15) is 0 Å². The van der Waals surface area contributed by atoms with Crippen molar-refractivity contribution in [2.75, 3.05) is 5.75 Å². The van der Waals surface area contributed by atoms with Gasteiger partial charge in [0.25, 0.3) is 0 Å². The first-order chi connectivity index (χ1) is 7.22. The summed E-state index contributed by atoms with van der Waals surface area (Å²) in [5, 5.41) is 4.75. The van der Waals surface area contributed by atoms with Crippen molar-refractivity contribution in [3.8, 4) is 0 Å². The summed E-state index contributed by atoms with van der Waals surface area (Å²) in [5.41, 5.74) is 0. The van der Waals surface area contributed by atoms with E-state index in [1.807, 2.05) is 0 Å². The molecule has 88 valence electrons. The van der Waals surface area contributed by atoms with Crippen LogP contribution >= 0.6 is 11.8 Å². The molecule has 0 aromatic rings. The smallest absolute Gasteiger partial charge is 0.0194 e. The van der Waals surface area contributed by atoms with Gasteiger partial charge >= 0.3 is 0 Å². The van der Waals surface area contributed by atoms with E-state index in [2.05, 4.69) is 37.8 Å². The second-order valence-corrected chi connectivity index (χ2v) is 6.83. The molecule has 5 atom stereocenters. The molecule has 0 radical (unpaired) electrons. The van der Waals surface area contributed by atoms with E-state index in [-0.39, 0.29) is 0 Å². The molecule has 1 saturated heterocycles. The van der Waals surface area contributed by atoms with E-state index in [4.69, 9.17) is 0 Å². The molecule has 0 aromatic heterocycles. The van der Waals surface area contributed by atoms with Gasteiger partial charge in [0.1, 0.15) is 0 Å². The second kappa shape index (κ2) is 5.09. The Bertz CT molecular complexity index is 207. The molecule has 1 aliphatic carbocycles. The van der Waals surface area contributed by atoms with Crippen LogP contribution < -0.4 is 5.32 Å². The van der Waals surface area contributed by atoms with Crippen LogP contribution in [-0.4, -0.2) is 23.1 Å². The van der Waals surface area contributed by atoms with Crippen molar-refractivity contribution in [1.82, 2.24) is 5.32 Å². The number of rotatable bonds is 3. The van der Waals surface area contributed by atoms with Gasteiger partial charge in [-0.2, -0.15) is 11.8 Å². The molecule has 15 heavy (non-hydrogen) atoms. The van der Waals surface area contributed by atoms with Crippen LogP contribution in [0.25, 0.3) is 0 Å². The zero-order chi connectivity index (χ0) is 10.8. The molecule has 0 aromatic carbocycles. The van der Waals surface area contributed by atoms with Gasteiger partial charge in [-0.05, 0) is 36.9 Å². The predicted molar refractivity (Wildman–Crippen MR) is 69.4 cm³/mol. The Kier molecular flexibility index (Phi) is 4.00. The lowest BCUT2D eigenvalue weighted by molar-refractivity contribution is 0.319. The molecule has 2 aliphatic rings. The van der Waals surface area contributed by atoms with Crippen molar-refractivity contribution < 1.29 is 0 Å². The maximum Gasteiger partial charge on any atom is 0.0194 e. The summed E-state index contributed by atoms with van der Waals surface area (Å²) >= 11 is 2.13. The van der Waals surface area contributed by atoms with Gasteiger partial charge in [-0.1, -0.05) is 27.2 Å².